The fraction of sp³-hybridized carbons (Fsp3) is 0.500. The molecule has 1 fully saturated rings. The van der Waals surface area contributed by atoms with Crippen LogP contribution in [-0.2, 0) is 0 Å². The van der Waals surface area contributed by atoms with Gasteiger partial charge in [-0.1, -0.05) is 6.92 Å². The van der Waals surface area contributed by atoms with Crippen molar-refractivity contribution in [2.24, 2.45) is 5.92 Å². The smallest absolute Gasteiger partial charge is 0.255 e. The Morgan fingerprint density at radius 3 is 2.65 bits per heavy atom. The summed E-state index contributed by atoms with van der Waals surface area (Å²) >= 11 is 3.23. The maximum atomic E-state index is 13.3. The van der Waals surface area contributed by atoms with Crippen LogP contribution in [0.3, 0.4) is 0 Å². The molecule has 1 aromatic carbocycles. The monoisotopic (exact) mass is 343 g/mol. The Morgan fingerprint density at radius 2 is 2.10 bits per heavy atom. The maximum absolute atomic E-state index is 13.3. The number of hydrogen-bond acceptors (Lipinski definition) is 3. The van der Waals surface area contributed by atoms with Gasteiger partial charge in [0.05, 0.1) is 11.3 Å². The van der Waals surface area contributed by atoms with E-state index in [1.54, 1.807) is 4.90 Å². The van der Waals surface area contributed by atoms with E-state index in [4.69, 9.17) is 5.73 Å². The molecule has 110 valence electrons. The average molecular weight is 344 g/mol. The predicted molar refractivity (Wildman–Crippen MR) is 81.1 cm³/mol. The summed E-state index contributed by atoms with van der Waals surface area (Å²) in [7, 11) is 4.03. The molecule has 1 saturated heterocycles. The SMILES string of the molecule is CC1CN(C(=O)c2cc(N)c(F)cc2Br)CC1N(C)C. The lowest BCUT2D eigenvalue weighted by Crippen LogP contribution is -2.35. The molecule has 1 aliphatic heterocycles. The Kier molecular flexibility index (Phi) is 4.34. The van der Waals surface area contributed by atoms with Gasteiger partial charge in [0.2, 0.25) is 0 Å². The third-order valence-corrected chi connectivity index (χ3v) is 4.50. The lowest BCUT2D eigenvalue weighted by Gasteiger charge is -2.22. The van der Waals surface area contributed by atoms with E-state index in [0.717, 1.165) is 0 Å². The molecule has 0 radical (unpaired) electrons. The highest BCUT2D eigenvalue weighted by molar-refractivity contribution is 9.10. The van der Waals surface area contributed by atoms with Gasteiger partial charge in [0.25, 0.3) is 5.91 Å². The standard InChI is InChI=1S/C14H19BrFN3O/c1-8-6-19(7-13(8)18(2)3)14(20)9-4-12(17)11(16)5-10(9)15/h4-5,8,13H,6-7,17H2,1-3H3. The zero-order valence-corrected chi connectivity index (χ0v) is 13.4. The van der Waals surface area contributed by atoms with E-state index in [1.807, 2.05) is 14.1 Å². The summed E-state index contributed by atoms with van der Waals surface area (Å²) in [5.74, 6) is -0.223. The lowest BCUT2D eigenvalue weighted by atomic mass is 10.1. The van der Waals surface area contributed by atoms with Crippen LogP contribution in [0.4, 0.5) is 10.1 Å². The third kappa shape index (κ3) is 2.81. The van der Waals surface area contributed by atoms with Gasteiger partial charge in [0.15, 0.2) is 0 Å². The Labute approximate surface area is 126 Å². The summed E-state index contributed by atoms with van der Waals surface area (Å²) < 4.78 is 13.8. The van der Waals surface area contributed by atoms with Crippen LogP contribution in [0.5, 0.6) is 0 Å². The fourth-order valence-corrected chi connectivity index (χ4v) is 3.17. The van der Waals surface area contributed by atoms with Gasteiger partial charge in [0, 0.05) is 23.6 Å². The number of nitrogens with two attached hydrogens (primary N) is 1. The molecule has 6 heteroatoms. The minimum atomic E-state index is -0.519. The highest BCUT2D eigenvalue weighted by atomic mass is 79.9. The number of rotatable bonds is 2. The summed E-state index contributed by atoms with van der Waals surface area (Å²) in [6, 6.07) is 2.98. The van der Waals surface area contributed by atoms with E-state index in [2.05, 4.69) is 27.8 Å². The second-order valence-electron chi connectivity index (χ2n) is 5.57. The van der Waals surface area contributed by atoms with Crippen LogP contribution >= 0.6 is 15.9 Å². The van der Waals surface area contributed by atoms with Crippen LogP contribution in [-0.4, -0.2) is 48.9 Å². The quantitative estimate of drug-likeness (QED) is 0.837. The van der Waals surface area contributed by atoms with Gasteiger partial charge in [-0.25, -0.2) is 4.39 Å². The van der Waals surface area contributed by atoms with Crippen molar-refractivity contribution in [2.45, 2.75) is 13.0 Å². The van der Waals surface area contributed by atoms with Crippen molar-refractivity contribution in [1.29, 1.82) is 0 Å². The fourth-order valence-electron chi connectivity index (χ4n) is 2.69. The number of likely N-dealkylation sites (tertiary alicyclic amines) is 1. The van der Waals surface area contributed by atoms with Crippen LogP contribution in [0.1, 0.15) is 17.3 Å². The van der Waals surface area contributed by atoms with E-state index in [9.17, 15) is 9.18 Å². The molecule has 1 aromatic rings. The van der Waals surface area contributed by atoms with E-state index < -0.39 is 5.82 Å². The summed E-state index contributed by atoms with van der Waals surface area (Å²) in [5.41, 5.74) is 5.96. The molecule has 1 aliphatic rings. The van der Waals surface area contributed by atoms with E-state index >= 15 is 0 Å². The van der Waals surface area contributed by atoms with Gasteiger partial charge >= 0.3 is 0 Å². The second kappa shape index (κ2) is 5.69. The van der Waals surface area contributed by atoms with Gasteiger partial charge in [-0.05, 0) is 48.1 Å². The lowest BCUT2D eigenvalue weighted by molar-refractivity contribution is 0.0780. The number of amides is 1. The molecular weight excluding hydrogens is 325 g/mol. The molecule has 2 atom stereocenters. The molecule has 0 aromatic heterocycles. The van der Waals surface area contributed by atoms with Crippen LogP contribution < -0.4 is 5.73 Å². The first-order valence-corrected chi connectivity index (χ1v) is 7.30. The number of carbonyl (C=O) groups is 1. The predicted octanol–water partition coefficient (Wildman–Crippen LogP) is 2.19. The summed E-state index contributed by atoms with van der Waals surface area (Å²) in [4.78, 5) is 16.5. The number of anilines is 1. The summed E-state index contributed by atoms with van der Waals surface area (Å²) in [5, 5.41) is 0. The van der Waals surface area contributed by atoms with Crippen molar-refractivity contribution in [1.82, 2.24) is 9.80 Å². The first kappa shape index (κ1) is 15.3. The molecule has 4 nitrogen and oxygen atoms in total. The zero-order valence-electron chi connectivity index (χ0n) is 11.9. The minimum Gasteiger partial charge on any atom is -0.396 e. The Morgan fingerprint density at radius 1 is 1.45 bits per heavy atom. The van der Waals surface area contributed by atoms with E-state index in [1.165, 1.54) is 12.1 Å². The number of benzene rings is 1. The first-order valence-electron chi connectivity index (χ1n) is 6.51. The van der Waals surface area contributed by atoms with Crippen LogP contribution in [0.25, 0.3) is 0 Å². The van der Waals surface area contributed by atoms with Crippen molar-refractivity contribution in [3.63, 3.8) is 0 Å². The highest BCUT2D eigenvalue weighted by Gasteiger charge is 2.34. The molecule has 20 heavy (non-hydrogen) atoms. The molecule has 2 N–H and O–H groups in total. The molecule has 1 amide bonds. The van der Waals surface area contributed by atoms with Gasteiger partial charge in [-0.3, -0.25) is 4.79 Å². The number of likely N-dealkylation sites (N-methyl/N-ethyl adjacent to an activating group) is 1. The van der Waals surface area contributed by atoms with Crippen molar-refractivity contribution >= 4 is 27.5 Å². The summed E-state index contributed by atoms with van der Waals surface area (Å²) in [6.45, 7) is 3.51. The number of nitrogen functional groups attached to an aromatic ring is 1. The van der Waals surface area contributed by atoms with Crippen molar-refractivity contribution in [3.05, 3.63) is 28.0 Å². The molecule has 0 spiro atoms. The van der Waals surface area contributed by atoms with Gasteiger partial charge in [-0.15, -0.1) is 0 Å². The van der Waals surface area contributed by atoms with Crippen molar-refractivity contribution < 1.29 is 9.18 Å². The third-order valence-electron chi connectivity index (χ3n) is 3.84. The van der Waals surface area contributed by atoms with Gasteiger partial charge in [0.1, 0.15) is 5.82 Å². The average Bonchev–Trinajstić information content (AvgIpc) is 2.75. The first-order chi connectivity index (χ1) is 9.31. The van der Waals surface area contributed by atoms with Gasteiger partial charge < -0.3 is 15.5 Å². The van der Waals surface area contributed by atoms with Crippen LogP contribution in [0.2, 0.25) is 0 Å². The topological polar surface area (TPSA) is 49.6 Å². The zero-order chi connectivity index (χ0) is 15.0. The van der Waals surface area contributed by atoms with E-state index in [-0.39, 0.29) is 11.6 Å². The molecular formula is C14H19BrFN3O. The number of hydrogen-bond donors (Lipinski definition) is 1. The number of halogens is 2. The molecule has 1 heterocycles. The van der Waals surface area contributed by atoms with E-state index in [0.29, 0.717) is 35.1 Å². The molecule has 0 bridgehead atoms. The Bertz CT molecular complexity index is 535. The van der Waals surface area contributed by atoms with Crippen LogP contribution in [0.15, 0.2) is 16.6 Å². The van der Waals surface area contributed by atoms with Crippen molar-refractivity contribution in [3.8, 4) is 0 Å². The number of carbonyl (C=O) groups excluding carboxylic acids is 1. The highest BCUT2D eigenvalue weighted by Crippen LogP contribution is 2.27. The second-order valence-corrected chi connectivity index (χ2v) is 6.43. The molecule has 2 rings (SSSR count). The van der Waals surface area contributed by atoms with Crippen LogP contribution in [0, 0.1) is 11.7 Å². The molecule has 2 unspecified atom stereocenters. The van der Waals surface area contributed by atoms with Crippen molar-refractivity contribution in [2.75, 3.05) is 32.9 Å². The Balaban J connectivity index is 2.23. The largest absolute Gasteiger partial charge is 0.396 e. The Hall–Kier alpha value is -1.14. The maximum Gasteiger partial charge on any atom is 0.255 e. The number of nitrogens with zero attached hydrogens (tertiary/aromatic N) is 2. The minimum absolute atomic E-state index is 0.00652. The summed E-state index contributed by atoms with van der Waals surface area (Å²) in [6.07, 6.45) is 0. The molecule has 0 saturated carbocycles. The molecule has 0 aliphatic carbocycles. The van der Waals surface area contributed by atoms with Gasteiger partial charge in [-0.2, -0.15) is 0 Å². The normalized spacial score (nSPS) is 22.6.